The quantitative estimate of drug-likeness (QED) is 0.583. The van der Waals surface area contributed by atoms with E-state index in [-0.39, 0.29) is 28.0 Å². The summed E-state index contributed by atoms with van der Waals surface area (Å²) < 4.78 is 5.34. The summed E-state index contributed by atoms with van der Waals surface area (Å²) >= 11 is 0. The monoisotopic (exact) mass is 220 g/mol. The molecule has 0 fully saturated rings. The second-order valence-corrected chi connectivity index (χ2v) is 2.25. The third-order valence-electron chi connectivity index (χ3n) is 1.55. The molecule has 0 bridgehead atoms. The van der Waals surface area contributed by atoms with Crippen molar-refractivity contribution in [3.63, 3.8) is 0 Å². The van der Waals surface area contributed by atoms with Crippen LogP contribution in [-0.4, -0.2) is 17.6 Å². The maximum absolute atomic E-state index is 5.34. The van der Waals surface area contributed by atoms with Gasteiger partial charge in [0.2, 0.25) is 0 Å². The maximum atomic E-state index is 5.34. The minimum absolute atomic E-state index is 0. The molecule has 0 N–H and O–H groups in total. The second-order valence-electron chi connectivity index (χ2n) is 2.25. The Kier molecular flexibility index (Phi) is 4.98. The molecule has 2 rings (SSSR count). The fourth-order valence-electron chi connectivity index (χ4n) is 1.06. The second kappa shape index (κ2) is 5.20. The van der Waals surface area contributed by atoms with Gasteiger partial charge >= 0.3 is 0 Å². The van der Waals surface area contributed by atoms with E-state index < -0.39 is 0 Å². The minimum atomic E-state index is 0. The van der Waals surface area contributed by atoms with Crippen LogP contribution in [0.1, 0.15) is 5.56 Å². The summed E-state index contributed by atoms with van der Waals surface area (Å²) in [6.45, 7) is 0.705. The summed E-state index contributed by atoms with van der Waals surface area (Å²) in [5.41, 5.74) is 1.17. The first-order valence-electron chi connectivity index (χ1n) is 3.35. The SMILES string of the molecule is C1=Cc2ccccc2OC1.[Fe].[SiH4]. The number of rotatable bonds is 0. The third kappa shape index (κ3) is 2.24. The molecule has 0 radical (unpaired) electrons. The average Bonchev–Trinajstić information content (AvgIpc) is 2.05. The number of hydrogen-bond donors (Lipinski definition) is 0. The Balaban J connectivity index is 0.000000605. The van der Waals surface area contributed by atoms with Crippen LogP contribution in [-0.2, 0) is 17.1 Å². The molecule has 3 heteroatoms. The molecule has 0 amide bonds. The van der Waals surface area contributed by atoms with Gasteiger partial charge in [0.1, 0.15) is 12.4 Å². The van der Waals surface area contributed by atoms with Crippen molar-refractivity contribution in [3.8, 4) is 5.75 Å². The molecule has 0 aromatic heterocycles. The Labute approximate surface area is 87.3 Å². The molecule has 0 saturated carbocycles. The van der Waals surface area contributed by atoms with E-state index in [9.17, 15) is 0 Å². The van der Waals surface area contributed by atoms with Crippen molar-refractivity contribution in [1.29, 1.82) is 0 Å². The fourth-order valence-corrected chi connectivity index (χ4v) is 1.06. The van der Waals surface area contributed by atoms with Gasteiger partial charge in [-0.1, -0.05) is 24.3 Å². The molecule has 66 valence electrons. The first-order valence-corrected chi connectivity index (χ1v) is 3.35. The van der Waals surface area contributed by atoms with E-state index in [1.807, 2.05) is 30.3 Å². The average molecular weight is 220 g/mol. The van der Waals surface area contributed by atoms with Gasteiger partial charge in [0.15, 0.2) is 0 Å². The van der Waals surface area contributed by atoms with Crippen LogP contribution in [0.4, 0.5) is 0 Å². The number of hydrogen-bond acceptors (Lipinski definition) is 1. The van der Waals surface area contributed by atoms with E-state index in [2.05, 4.69) is 6.08 Å². The van der Waals surface area contributed by atoms with Gasteiger partial charge in [-0.05, 0) is 23.1 Å². The molecule has 1 nitrogen and oxygen atoms in total. The van der Waals surface area contributed by atoms with Crippen molar-refractivity contribution >= 4 is 17.0 Å². The van der Waals surface area contributed by atoms with Gasteiger partial charge in [-0.25, -0.2) is 0 Å². The van der Waals surface area contributed by atoms with E-state index in [1.165, 1.54) is 5.56 Å². The molecule has 1 heterocycles. The van der Waals surface area contributed by atoms with Crippen LogP contribution in [0.5, 0.6) is 5.75 Å². The zero-order chi connectivity index (χ0) is 6.81. The molecular formula is C9H12FeOSi. The van der Waals surface area contributed by atoms with Crippen LogP contribution < -0.4 is 4.74 Å². The van der Waals surface area contributed by atoms with Crippen LogP contribution in [0, 0.1) is 0 Å². The van der Waals surface area contributed by atoms with E-state index in [4.69, 9.17) is 4.74 Å². The number of para-hydroxylation sites is 1. The third-order valence-corrected chi connectivity index (χ3v) is 1.55. The number of ether oxygens (including phenoxy) is 1. The van der Waals surface area contributed by atoms with Crippen LogP contribution in [0.25, 0.3) is 6.08 Å². The van der Waals surface area contributed by atoms with E-state index in [1.54, 1.807) is 0 Å². The Morgan fingerprint density at radius 3 is 2.67 bits per heavy atom. The predicted octanol–water partition coefficient (Wildman–Crippen LogP) is 0.638. The summed E-state index contributed by atoms with van der Waals surface area (Å²) in [6.07, 6.45) is 4.10. The van der Waals surface area contributed by atoms with Crippen LogP contribution >= 0.6 is 0 Å². The van der Waals surface area contributed by atoms with Crippen molar-refractivity contribution < 1.29 is 21.8 Å². The molecule has 0 aliphatic carbocycles. The van der Waals surface area contributed by atoms with Crippen molar-refractivity contribution in [2.24, 2.45) is 0 Å². The van der Waals surface area contributed by atoms with E-state index >= 15 is 0 Å². The van der Waals surface area contributed by atoms with Gasteiger partial charge in [-0.3, -0.25) is 0 Å². The molecule has 12 heavy (non-hydrogen) atoms. The van der Waals surface area contributed by atoms with Gasteiger partial charge in [0.05, 0.1) is 0 Å². The van der Waals surface area contributed by atoms with Crippen LogP contribution in [0.2, 0.25) is 0 Å². The standard InChI is InChI=1S/C9H8O.Fe.H4Si/c1-2-6-9-8(4-1)5-3-7-10-9;;/h1-6H,7H2;;1H4. The van der Waals surface area contributed by atoms with Crippen LogP contribution in [0.3, 0.4) is 0 Å². The molecule has 1 aromatic rings. The minimum Gasteiger partial charge on any atom is -0.489 e. The first kappa shape index (κ1) is 11.5. The molecule has 1 aliphatic rings. The molecule has 1 aliphatic heterocycles. The van der Waals surface area contributed by atoms with Crippen molar-refractivity contribution in [2.45, 2.75) is 0 Å². The van der Waals surface area contributed by atoms with Crippen LogP contribution in [0.15, 0.2) is 30.3 Å². The molecule has 0 unspecified atom stereocenters. The maximum Gasteiger partial charge on any atom is 0.126 e. The van der Waals surface area contributed by atoms with Gasteiger partial charge in [-0.2, -0.15) is 0 Å². The zero-order valence-corrected chi connectivity index (χ0v) is 7.04. The van der Waals surface area contributed by atoms with Crippen molar-refractivity contribution in [1.82, 2.24) is 0 Å². The predicted molar refractivity (Wildman–Crippen MR) is 52.3 cm³/mol. The normalized spacial score (nSPS) is 11.7. The van der Waals surface area contributed by atoms with Gasteiger partial charge < -0.3 is 4.74 Å². The summed E-state index contributed by atoms with van der Waals surface area (Å²) in [4.78, 5) is 0. The summed E-state index contributed by atoms with van der Waals surface area (Å²) in [5.74, 6) is 0.991. The topological polar surface area (TPSA) is 9.23 Å². The molecule has 0 spiro atoms. The van der Waals surface area contributed by atoms with E-state index in [0.29, 0.717) is 6.61 Å². The van der Waals surface area contributed by atoms with Crippen molar-refractivity contribution in [3.05, 3.63) is 35.9 Å². The summed E-state index contributed by atoms with van der Waals surface area (Å²) in [5, 5.41) is 0. The van der Waals surface area contributed by atoms with Gasteiger partial charge in [-0.15, -0.1) is 0 Å². The number of benzene rings is 1. The molecule has 0 atom stereocenters. The number of fused-ring (bicyclic) bond motifs is 1. The van der Waals surface area contributed by atoms with Gasteiger partial charge in [0.25, 0.3) is 0 Å². The zero-order valence-electron chi connectivity index (χ0n) is 5.93. The van der Waals surface area contributed by atoms with Gasteiger partial charge in [0, 0.05) is 22.6 Å². The Bertz CT molecular complexity index is 273. The first-order chi connectivity index (χ1) is 4.97. The molecule has 0 saturated heterocycles. The molecule has 1 aromatic carbocycles. The van der Waals surface area contributed by atoms with Crippen molar-refractivity contribution in [2.75, 3.05) is 6.61 Å². The Morgan fingerprint density at radius 2 is 1.92 bits per heavy atom. The summed E-state index contributed by atoms with van der Waals surface area (Å²) in [7, 11) is 0. The molecular weight excluding hydrogens is 208 g/mol. The largest absolute Gasteiger partial charge is 0.489 e. The van der Waals surface area contributed by atoms with E-state index in [0.717, 1.165) is 5.75 Å². The fraction of sp³-hybridized carbons (Fsp3) is 0.111. The summed E-state index contributed by atoms with van der Waals surface area (Å²) in [6, 6.07) is 8.03. The Morgan fingerprint density at radius 1 is 1.17 bits per heavy atom. The smallest absolute Gasteiger partial charge is 0.126 e. The Hall–Kier alpha value is -0.504.